The summed E-state index contributed by atoms with van der Waals surface area (Å²) < 4.78 is 17.5. The van der Waals surface area contributed by atoms with E-state index in [2.05, 4.69) is 0 Å². The summed E-state index contributed by atoms with van der Waals surface area (Å²) in [5.41, 5.74) is 6.70. The Labute approximate surface area is 83.9 Å². The molecule has 1 aromatic carbocycles. The van der Waals surface area contributed by atoms with E-state index in [4.69, 9.17) is 10.5 Å². The summed E-state index contributed by atoms with van der Waals surface area (Å²) in [5.74, 6) is 0.760. The number of halogens is 1. The number of para-hydroxylation sites is 1. The van der Waals surface area contributed by atoms with Crippen molar-refractivity contribution in [3.05, 3.63) is 29.8 Å². The molecule has 0 aliphatic carbocycles. The van der Waals surface area contributed by atoms with E-state index < -0.39 is 6.67 Å². The van der Waals surface area contributed by atoms with Crippen LogP contribution in [0.4, 0.5) is 4.39 Å². The van der Waals surface area contributed by atoms with Crippen LogP contribution < -0.4 is 10.5 Å². The predicted molar refractivity (Wildman–Crippen MR) is 55.1 cm³/mol. The van der Waals surface area contributed by atoms with Crippen molar-refractivity contribution >= 4 is 0 Å². The molecule has 1 atom stereocenters. The fourth-order valence-corrected chi connectivity index (χ4v) is 1.35. The predicted octanol–water partition coefficient (Wildman–Crippen LogP) is 2.44. The van der Waals surface area contributed by atoms with Gasteiger partial charge >= 0.3 is 0 Å². The van der Waals surface area contributed by atoms with Crippen LogP contribution >= 0.6 is 0 Å². The molecule has 0 aliphatic heterocycles. The monoisotopic (exact) mass is 197 g/mol. The first-order valence-electron chi connectivity index (χ1n) is 4.82. The van der Waals surface area contributed by atoms with Crippen molar-refractivity contribution in [1.82, 2.24) is 0 Å². The molecule has 1 rings (SSSR count). The van der Waals surface area contributed by atoms with E-state index in [9.17, 15) is 4.39 Å². The first kappa shape index (κ1) is 11.0. The fourth-order valence-electron chi connectivity index (χ4n) is 1.35. The molecule has 0 fully saturated rings. The second-order valence-electron chi connectivity index (χ2n) is 3.05. The molecule has 0 aliphatic rings. The number of benzene rings is 1. The van der Waals surface area contributed by atoms with Crippen LogP contribution in [0.5, 0.6) is 5.75 Å². The highest BCUT2D eigenvalue weighted by Crippen LogP contribution is 2.25. The van der Waals surface area contributed by atoms with Crippen LogP contribution in [0.2, 0.25) is 0 Å². The maximum absolute atomic E-state index is 12.1. The van der Waals surface area contributed by atoms with Crippen LogP contribution in [0.1, 0.15) is 24.9 Å². The van der Waals surface area contributed by atoms with Crippen LogP contribution in [0.25, 0.3) is 0 Å². The van der Waals surface area contributed by atoms with Crippen molar-refractivity contribution in [2.24, 2.45) is 5.73 Å². The largest absolute Gasteiger partial charge is 0.494 e. The molecule has 0 aromatic heterocycles. The van der Waals surface area contributed by atoms with Gasteiger partial charge in [-0.2, -0.15) is 0 Å². The molecule has 0 bridgehead atoms. The van der Waals surface area contributed by atoms with Crippen LogP contribution in [-0.2, 0) is 0 Å². The highest BCUT2D eigenvalue weighted by atomic mass is 19.1. The molecule has 2 nitrogen and oxygen atoms in total. The van der Waals surface area contributed by atoms with Crippen LogP contribution in [0.3, 0.4) is 0 Å². The highest BCUT2D eigenvalue weighted by molar-refractivity contribution is 5.35. The first-order valence-corrected chi connectivity index (χ1v) is 4.82. The van der Waals surface area contributed by atoms with Crippen LogP contribution in [0, 0.1) is 0 Å². The lowest BCUT2D eigenvalue weighted by Crippen LogP contribution is -2.12. The lowest BCUT2D eigenvalue weighted by Gasteiger charge is -2.14. The van der Waals surface area contributed by atoms with Gasteiger partial charge in [0.1, 0.15) is 5.75 Å². The molecule has 1 aromatic rings. The molecule has 0 radical (unpaired) electrons. The second kappa shape index (κ2) is 5.60. The van der Waals surface area contributed by atoms with Gasteiger partial charge in [0, 0.05) is 11.6 Å². The van der Waals surface area contributed by atoms with E-state index in [-0.39, 0.29) is 6.04 Å². The van der Waals surface area contributed by atoms with Crippen LogP contribution in [0.15, 0.2) is 24.3 Å². The molecular weight excluding hydrogens is 181 g/mol. The Morgan fingerprint density at radius 1 is 1.43 bits per heavy atom. The van der Waals surface area contributed by atoms with E-state index in [1.807, 2.05) is 31.2 Å². The smallest absolute Gasteiger partial charge is 0.124 e. The minimum absolute atomic E-state index is 0.275. The Morgan fingerprint density at radius 2 is 2.14 bits per heavy atom. The number of hydrogen-bond acceptors (Lipinski definition) is 2. The Balaban J connectivity index is 2.82. The number of ether oxygens (including phenoxy) is 1. The third-order valence-corrected chi connectivity index (χ3v) is 2.04. The molecule has 78 valence electrons. The summed E-state index contributed by atoms with van der Waals surface area (Å²) in [6, 6.07) is 7.23. The quantitative estimate of drug-likeness (QED) is 0.786. The van der Waals surface area contributed by atoms with Gasteiger partial charge in [0.2, 0.25) is 0 Å². The zero-order chi connectivity index (χ0) is 10.4. The average Bonchev–Trinajstić information content (AvgIpc) is 2.19. The van der Waals surface area contributed by atoms with Crippen molar-refractivity contribution in [2.75, 3.05) is 13.3 Å². The average molecular weight is 197 g/mol. The fraction of sp³-hybridized carbons (Fsp3) is 0.455. The summed E-state index contributed by atoms with van der Waals surface area (Å²) in [5, 5.41) is 0. The zero-order valence-electron chi connectivity index (χ0n) is 8.37. The van der Waals surface area contributed by atoms with Gasteiger partial charge in [-0.05, 0) is 19.4 Å². The van der Waals surface area contributed by atoms with Gasteiger partial charge in [-0.3, -0.25) is 4.39 Å². The summed E-state index contributed by atoms with van der Waals surface area (Å²) in [4.78, 5) is 0. The normalized spacial score (nSPS) is 12.5. The first-order chi connectivity index (χ1) is 6.79. The van der Waals surface area contributed by atoms with Gasteiger partial charge < -0.3 is 10.5 Å². The molecule has 0 unspecified atom stereocenters. The number of hydrogen-bond donors (Lipinski definition) is 1. The number of alkyl halides is 1. The van der Waals surface area contributed by atoms with Gasteiger partial charge in [-0.25, -0.2) is 0 Å². The third-order valence-electron chi connectivity index (χ3n) is 2.04. The van der Waals surface area contributed by atoms with E-state index >= 15 is 0 Å². The third kappa shape index (κ3) is 2.70. The van der Waals surface area contributed by atoms with E-state index in [0.29, 0.717) is 13.0 Å². The Bertz CT molecular complexity index is 278. The number of nitrogens with two attached hydrogens (primary N) is 1. The minimum atomic E-state index is -0.401. The number of rotatable bonds is 5. The molecule has 0 spiro atoms. The maximum atomic E-state index is 12.1. The lowest BCUT2D eigenvalue weighted by atomic mass is 10.0. The summed E-state index contributed by atoms with van der Waals surface area (Å²) in [7, 11) is 0. The summed E-state index contributed by atoms with van der Waals surface area (Å²) in [6.45, 7) is 2.11. The lowest BCUT2D eigenvalue weighted by molar-refractivity contribution is 0.331. The Hall–Kier alpha value is -1.09. The molecule has 0 heterocycles. The molecule has 14 heavy (non-hydrogen) atoms. The minimum Gasteiger partial charge on any atom is -0.494 e. The van der Waals surface area contributed by atoms with Gasteiger partial charge in [0.15, 0.2) is 0 Å². The summed E-state index contributed by atoms with van der Waals surface area (Å²) >= 11 is 0. The molecule has 2 N–H and O–H groups in total. The molecule has 0 saturated carbocycles. The molecule has 0 amide bonds. The van der Waals surface area contributed by atoms with Crippen molar-refractivity contribution in [3.63, 3.8) is 0 Å². The van der Waals surface area contributed by atoms with Crippen LogP contribution in [-0.4, -0.2) is 13.3 Å². The van der Waals surface area contributed by atoms with Gasteiger partial charge in [-0.15, -0.1) is 0 Å². The topological polar surface area (TPSA) is 35.2 Å². The van der Waals surface area contributed by atoms with Crippen molar-refractivity contribution in [3.8, 4) is 5.75 Å². The molecule has 0 saturated heterocycles. The zero-order valence-corrected chi connectivity index (χ0v) is 8.37. The SMILES string of the molecule is CCOc1ccccc1[C@H](N)CCF. The Kier molecular flexibility index (Phi) is 4.40. The molecule has 3 heteroatoms. The van der Waals surface area contributed by atoms with Gasteiger partial charge in [0.25, 0.3) is 0 Å². The van der Waals surface area contributed by atoms with Gasteiger partial charge in [-0.1, -0.05) is 18.2 Å². The molecular formula is C11H16FNO. The Morgan fingerprint density at radius 3 is 2.79 bits per heavy atom. The van der Waals surface area contributed by atoms with Crippen molar-refractivity contribution in [1.29, 1.82) is 0 Å². The second-order valence-corrected chi connectivity index (χ2v) is 3.05. The van der Waals surface area contributed by atoms with E-state index in [0.717, 1.165) is 11.3 Å². The highest BCUT2D eigenvalue weighted by Gasteiger charge is 2.10. The van der Waals surface area contributed by atoms with Gasteiger partial charge in [0.05, 0.1) is 13.3 Å². The summed E-state index contributed by atoms with van der Waals surface area (Å²) in [6.07, 6.45) is 0.337. The van der Waals surface area contributed by atoms with E-state index in [1.165, 1.54) is 0 Å². The maximum Gasteiger partial charge on any atom is 0.124 e. The van der Waals surface area contributed by atoms with Crippen molar-refractivity contribution in [2.45, 2.75) is 19.4 Å². The van der Waals surface area contributed by atoms with Crippen molar-refractivity contribution < 1.29 is 9.13 Å². The van der Waals surface area contributed by atoms with E-state index in [1.54, 1.807) is 0 Å². The standard InChI is InChI=1S/C11H16FNO/c1-2-14-11-6-4-3-5-9(11)10(13)7-8-12/h3-6,10H,2,7-8,13H2,1H3/t10-/m1/s1.